The molecule has 0 saturated carbocycles. The predicted molar refractivity (Wildman–Crippen MR) is 37.6 cm³/mol. The van der Waals surface area contributed by atoms with Crippen molar-refractivity contribution in [2.75, 3.05) is 0 Å². The lowest BCUT2D eigenvalue weighted by atomic mass is 11.3. The topological polar surface area (TPSA) is 83.8 Å². The van der Waals surface area contributed by atoms with Crippen molar-refractivity contribution in [2.45, 2.75) is 0 Å². The molecule has 0 aliphatic heterocycles. The molecule has 0 aliphatic rings. The average Bonchev–Trinajstić information content (AvgIpc) is 1.71. The molecule has 58 valence electrons. The van der Waals surface area contributed by atoms with Crippen LogP contribution in [0.1, 0.15) is 0 Å². The Kier molecular flexibility index (Phi) is 14.2. The summed E-state index contributed by atoms with van der Waals surface area (Å²) in [4.78, 5) is 0. The molecule has 1 atom stereocenters. The van der Waals surface area contributed by atoms with Crippen molar-refractivity contribution in [3.05, 3.63) is 13.2 Å². The molecule has 0 rings (SSSR count). The monoisotopic (exact) mass is 176 g/mol. The van der Waals surface area contributed by atoms with Crippen LogP contribution in [0.25, 0.3) is 0 Å². The molecule has 0 aliphatic carbocycles. The Morgan fingerprint density at radius 1 is 1.33 bits per heavy atom. The average molecular weight is 176 g/mol. The molecular weight excluding hydrogens is 167 g/mol. The molecule has 5 nitrogen and oxygen atoms in total. The fourth-order valence-corrected chi connectivity index (χ4v) is 0. The molecule has 0 aromatic carbocycles. The van der Waals surface area contributed by atoms with Gasteiger partial charge in [0.05, 0.1) is 0 Å². The Hall–Kier alpha value is 0. The quantitative estimate of drug-likeness (QED) is 0.195. The fraction of sp³-hybridized carbons (Fsp3) is 0. The van der Waals surface area contributed by atoms with Crippen LogP contribution in [0.15, 0.2) is 13.2 Å². The third kappa shape index (κ3) is 32.0. The summed E-state index contributed by atoms with van der Waals surface area (Å²) in [5, 5.41) is 7.06. The summed E-state index contributed by atoms with van der Waals surface area (Å²) in [5.41, 5.74) is 0. The first-order chi connectivity index (χ1) is 3.56. The molecule has 2 N–H and O–H groups in total. The van der Waals surface area contributed by atoms with Gasteiger partial charge in [0, 0.05) is 0 Å². The standard InChI is InChI=1S/C2H4.H2O5S.H3P/c1-2;1-5-6(2,3)4;/h1-2H2;1H,(H,2,3,4);1H3. The van der Waals surface area contributed by atoms with Crippen molar-refractivity contribution < 1.29 is 22.6 Å². The summed E-state index contributed by atoms with van der Waals surface area (Å²) in [5.74, 6) is 0. The van der Waals surface area contributed by atoms with Gasteiger partial charge in [0.15, 0.2) is 0 Å². The molecule has 0 amide bonds. The van der Waals surface area contributed by atoms with Gasteiger partial charge >= 0.3 is 10.4 Å². The van der Waals surface area contributed by atoms with E-state index < -0.39 is 10.4 Å². The Morgan fingerprint density at radius 3 is 1.44 bits per heavy atom. The van der Waals surface area contributed by atoms with E-state index in [2.05, 4.69) is 17.5 Å². The smallest absolute Gasteiger partial charge is 0.262 e. The molecule has 7 heteroatoms. The second kappa shape index (κ2) is 8.00. The van der Waals surface area contributed by atoms with E-state index in [1.807, 2.05) is 0 Å². The predicted octanol–water partition coefficient (Wildman–Crippen LogP) is 0.139. The van der Waals surface area contributed by atoms with Crippen molar-refractivity contribution >= 4 is 20.3 Å². The van der Waals surface area contributed by atoms with Gasteiger partial charge in [-0.3, -0.25) is 4.55 Å². The van der Waals surface area contributed by atoms with Crippen LogP contribution < -0.4 is 0 Å². The van der Waals surface area contributed by atoms with Gasteiger partial charge in [0.25, 0.3) is 0 Å². The molecular formula is C2H9O5PS. The van der Waals surface area contributed by atoms with Crippen LogP contribution in [-0.2, 0) is 14.7 Å². The van der Waals surface area contributed by atoms with Crippen molar-refractivity contribution in [1.29, 1.82) is 0 Å². The molecule has 0 saturated heterocycles. The first kappa shape index (κ1) is 16.0. The number of hydrogen-bond acceptors (Lipinski definition) is 4. The van der Waals surface area contributed by atoms with E-state index in [1.165, 1.54) is 0 Å². The highest BCUT2D eigenvalue weighted by molar-refractivity contribution is 7.80. The Bertz CT molecular complexity index is 128. The van der Waals surface area contributed by atoms with Crippen LogP contribution in [0, 0.1) is 0 Å². The lowest BCUT2D eigenvalue weighted by Gasteiger charge is -1.79. The summed E-state index contributed by atoms with van der Waals surface area (Å²) < 4.78 is 28.0. The van der Waals surface area contributed by atoms with Crippen LogP contribution in [0.4, 0.5) is 0 Å². The Labute approximate surface area is 56.8 Å². The highest BCUT2D eigenvalue weighted by Gasteiger charge is 1.97. The molecule has 9 heavy (non-hydrogen) atoms. The second-order valence-electron chi connectivity index (χ2n) is 0.502. The van der Waals surface area contributed by atoms with Crippen molar-refractivity contribution in [3.8, 4) is 0 Å². The summed E-state index contributed by atoms with van der Waals surface area (Å²) in [6, 6.07) is 0. The molecule has 1 unspecified atom stereocenters. The SMILES string of the molecule is C=C.O=S(=O)(O)OO.P. The van der Waals surface area contributed by atoms with Crippen LogP contribution in [0.3, 0.4) is 0 Å². The van der Waals surface area contributed by atoms with Crippen LogP contribution in [0.5, 0.6) is 0 Å². The molecule has 0 aromatic heterocycles. The minimum absolute atomic E-state index is 0. The maximum atomic E-state index is 9.08. The molecule has 0 aromatic rings. The maximum absolute atomic E-state index is 9.08. The largest absolute Gasteiger partial charge is 0.423 e. The van der Waals surface area contributed by atoms with E-state index in [9.17, 15) is 0 Å². The zero-order chi connectivity index (χ0) is 7.21. The van der Waals surface area contributed by atoms with Gasteiger partial charge < -0.3 is 0 Å². The third-order valence-corrected chi connectivity index (χ3v) is 0.283. The van der Waals surface area contributed by atoms with Crippen LogP contribution >= 0.6 is 9.90 Å². The van der Waals surface area contributed by atoms with Gasteiger partial charge in [0.1, 0.15) is 0 Å². The number of hydrogen-bond donors (Lipinski definition) is 2. The van der Waals surface area contributed by atoms with Gasteiger partial charge in [0.2, 0.25) is 0 Å². The maximum Gasteiger partial charge on any atom is 0.423 e. The van der Waals surface area contributed by atoms with Gasteiger partial charge in [-0.15, -0.1) is 13.2 Å². The van der Waals surface area contributed by atoms with Crippen LogP contribution in [-0.4, -0.2) is 18.2 Å². The Balaban J connectivity index is -0.000000109. The van der Waals surface area contributed by atoms with Crippen molar-refractivity contribution in [1.82, 2.24) is 0 Å². The number of rotatable bonds is 1. The third-order valence-electron chi connectivity index (χ3n) is 0.0942. The lowest BCUT2D eigenvalue weighted by Crippen LogP contribution is -1.97. The summed E-state index contributed by atoms with van der Waals surface area (Å²) in [6.45, 7) is 6.00. The van der Waals surface area contributed by atoms with E-state index in [4.69, 9.17) is 18.2 Å². The van der Waals surface area contributed by atoms with E-state index in [1.54, 1.807) is 0 Å². The summed E-state index contributed by atoms with van der Waals surface area (Å²) in [6.07, 6.45) is 0. The molecule has 0 spiro atoms. The van der Waals surface area contributed by atoms with Gasteiger partial charge in [-0.2, -0.15) is 18.3 Å². The van der Waals surface area contributed by atoms with Gasteiger partial charge in [-0.25, -0.2) is 5.26 Å². The van der Waals surface area contributed by atoms with Crippen molar-refractivity contribution in [3.63, 3.8) is 0 Å². The first-order valence-electron chi connectivity index (χ1n) is 1.37. The highest BCUT2D eigenvalue weighted by atomic mass is 32.3. The lowest BCUT2D eigenvalue weighted by molar-refractivity contribution is -0.139. The summed E-state index contributed by atoms with van der Waals surface area (Å²) in [7, 11) is -4.61. The van der Waals surface area contributed by atoms with Gasteiger partial charge in [-0.05, 0) is 0 Å². The zero-order valence-corrected chi connectivity index (χ0v) is 6.88. The summed E-state index contributed by atoms with van der Waals surface area (Å²) >= 11 is 0. The second-order valence-corrected chi connectivity index (χ2v) is 1.51. The fourth-order valence-electron chi connectivity index (χ4n) is 0. The molecule has 0 bridgehead atoms. The normalized spacial score (nSPS) is 8.22. The molecule has 0 radical (unpaired) electrons. The van der Waals surface area contributed by atoms with E-state index in [-0.39, 0.29) is 9.90 Å². The van der Waals surface area contributed by atoms with E-state index >= 15 is 0 Å². The van der Waals surface area contributed by atoms with E-state index in [0.717, 1.165) is 0 Å². The first-order valence-corrected chi connectivity index (χ1v) is 2.73. The Morgan fingerprint density at radius 2 is 1.44 bits per heavy atom. The van der Waals surface area contributed by atoms with E-state index in [0.29, 0.717) is 0 Å². The zero-order valence-electron chi connectivity index (χ0n) is 4.65. The van der Waals surface area contributed by atoms with Gasteiger partial charge in [-0.1, -0.05) is 4.33 Å². The minimum atomic E-state index is -4.61. The molecule has 0 heterocycles. The highest BCUT2D eigenvalue weighted by Crippen LogP contribution is 1.74. The van der Waals surface area contributed by atoms with Crippen molar-refractivity contribution in [2.24, 2.45) is 0 Å². The molecule has 0 fully saturated rings. The minimum Gasteiger partial charge on any atom is -0.262 e. The van der Waals surface area contributed by atoms with Crippen LogP contribution in [0.2, 0.25) is 0 Å².